The number of carbonyl (C=O) groups excluding carboxylic acids is 1. The molecule has 148 valence electrons. The minimum absolute atomic E-state index is 0.0462. The molecule has 0 saturated heterocycles. The Balaban J connectivity index is 1.81. The van der Waals surface area contributed by atoms with Crippen molar-refractivity contribution in [3.63, 3.8) is 0 Å². The summed E-state index contributed by atoms with van der Waals surface area (Å²) < 4.78 is 0.896. The van der Waals surface area contributed by atoms with Crippen LogP contribution in [0.3, 0.4) is 0 Å². The molecule has 0 spiro atoms. The summed E-state index contributed by atoms with van der Waals surface area (Å²) in [6.07, 6.45) is 2.57. The van der Waals surface area contributed by atoms with Gasteiger partial charge in [0.2, 0.25) is 5.91 Å². The molecule has 0 saturated carbocycles. The Kier molecular flexibility index (Phi) is 8.19. The first-order valence-electron chi connectivity index (χ1n) is 9.05. The van der Waals surface area contributed by atoms with E-state index in [0.717, 1.165) is 28.4 Å². The van der Waals surface area contributed by atoms with E-state index >= 15 is 0 Å². The summed E-state index contributed by atoms with van der Waals surface area (Å²) in [4.78, 5) is 23.4. The number of carboxylic acid groups (broad SMARTS) is 1. The molecule has 7 heteroatoms. The zero-order valence-corrected chi connectivity index (χ0v) is 17.0. The molecule has 1 atom stereocenters. The zero-order chi connectivity index (χ0) is 20.5. The van der Waals surface area contributed by atoms with Gasteiger partial charge in [-0.15, -0.1) is 0 Å². The second-order valence-electron chi connectivity index (χ2n) is 6.59. The Hall–Kier alpha value is -2.67. The minimum Gasteiger partial charge on any atom is -0.481 e. The molecule has 0 aliphatic heterocycles. The number of carboxylic acids is 1. The van der Waals surface area contributed by atoms with Crippen LogP contribution in [0.5, 0.6) is 0 Å². The second-order valence-corrected chi connectivity index (χ2v) is 7.50. The van der Waals surface area contributed by atoms with Crippen LogP contribution in [0.25, 0.3) is 0 Å². The lowest BCUT2D eigenvalue weighted by Crippen LogP contribution is -2.30. The fourth-order valence-corrected chi connectivity index (χ4v) is 3.12. The van der Waals surface area contributed by atoms with Gasteiger partial charge in [0, 0.05) is 16.5 Å². The number of amidine groups is 1. The maximum atomic E-state index is 12.3. The van der Waals surface area contributed by atoms with Crippen molar-refractivity contribution in [1.29, 1.82) is 5.41 Å². The van der Waals surface area contributed by atoms with Crippen molar-refractivity contribution < 1.29 is 14.7 Å². The van der Waals surface area contributed by atoms with E-state index in [2.05, 4.69) is 21.2 Å². The van der Waals surface area contributed by atoms with Crippen molar-refractivity contribution in [2.24, 2.45) is 5.73 Å². The van der Waals surface area contributed by atoms with Gasteiger partial charge in [0.25, 0.3) is 0 Å². The van der Waals surface area contributed by atoms with E-state index in [1.165, 1.54) is 0 Å². The number of unbranched alkanes of at least 4 members (excludes halogenated alkanes) is 1. The number of nitrogen functional groups attached to an aromatic ring is 1. The minimum atomic E-state index is -0.956. The monoisotopic (exact) mass is 445 g/mol. The third-order valence-corrected chi connectivity index (χ3v) is 4.90. The van der Waals surface area contributed by atoms with E-state index in [1.54, 1.807) is 0 Å². The van der Waals surface area contributed by atoms with Crippen molar-refractivity contribution in [1.82, 2.24) is 5.32 Å². The van der Waals surface area contributed by atoms with Crippen LogP contribution in [-0.2, 0) is 16.0 Å². The van der Waals surface area contributed by atoms with Crippen LogP contribution < -0.4 is 11.1 Å². The third-order valence-electron chi connectivity index (χ3n) is 4.37. The number of aliphatic carboxylic acids is 1. The van der Waals surface area contributed by atoms with Gasteiger partial charge < -0.3 is 16.2 Å². The van der Waals surface area contributed by atoms with Crippen LogP contribution in [0.2, 0.25) is 0 Å². The highest BCUT2D eigenvalue weighted by molar-refractivity contribution is 9.10. The van der Waals surface area contributed by atoms with Gasteiger partial charge in [0.05, 0.1) is 12.5 Å². The molecule has 2 aromatic carbocycles. The molecule has 1 amide bonds. The summed E-state index contributed by atoms with van der Waals surface area (Å²) in [7, 11) is 0. The number of benzene rings is 2. The normalized spacial score (nSPS) is 11.6. The van der Waals surface area contributed by atoms with Gasteiger partial charge in [0.15, 0.2) is 0 Å². The van der Waals surface area contributed by atoms with Crippen molar-refractivity contribution in [3.05, 3.63) is 69.7 Å². The van der Waals surface area contributed by atoms with Crippen molar-refractivity contribution in [2.45, 2.75) is 38.1 Å². The molecule has 2 aromatic rings. The smallest absolute Gasteiger partial charge is 0.305 e. The fraction of sp³-hybridized carbons (Fsp3) is 0.286. The van der Waals surface area contributed by atoms with E-state index in [9.17, 15) is 9.59 Å². The average Bonchev–Trinajstić information content (AvgIpc) is 2.65. The summed E-state index contributed by atoms with van der Waals surface area (Å²) in [5.41, 5.74) is 8.03. The highest BCUT2D eigenvalue weighted by Crippen LogP contribution is 2.20. The maximum absolute atomic E-state index is 12.3. The van der Waals surface area contributed by atoms with E-state index in [1.807, 2.05) is 48.5 Å². The third kappa shape index (κ3) is 7.15. The number of aryl methyl sites for hydroxylation is 1. The Morgan fingerprint density at radius 2 is 1.71 bits per heavy atom. The molecule has 0 aromatic heterocycles. The van der Waals surface area contributed by atoms with Crippen LogP contribution in [0.15, 0.2) is 53.0 Å². The number of hydrogen-bond acceptors (Lipinski definition) is 3. The summed E-state index contributed by atoms with van der Waals surface area (Å²) in [6, 6.07) is 14.2. The number of nitrogens with two attached hydrogens (primary N) is 1. The van der Waals surface area contributed by atoms with E-state index in [0.29, 0.717) is 18.4 Å². The molecule has 0 bridgehead atoms. The number of amides is 1. The van der Waals surface area contributed by atoms with E-state index in [-0.39, 0.29) is 18.2 Å². The highest BCUT2D eigenvalue weighted by atomic mass is 79.9. The number of rotatable bonds is 10. The molecule has 6 nitrogen and oxygen atoms in total. The van der Waals surface area contributed by atoms with Crippen LogP contribution in [0.1, 0.15) is 48.4 Å². The van der Waals surface area contributed by atoms with Crippen LogP contribution in [0, 0.1) is 5.41 Å². The number of hydrogen-bond donors (Lipinski definition) is 4. The SMILES string of the molecule is N=C(N)c1ccc(CCCCC(=O)NC(CC(=O)O)c2ccc(Br)cc2)cc1. The largest absolute Gasteiger partial charge is 0.481 e. The van der Waals surface area contributed by atoms with Crippen LogP contribution in [-0.4, -0.2) is 22.8 Å². The van der Waals surface area contributed by atoms with E-state index < -0.39 is 12.0 Å². The molecular weight excluding hydrogens is 422 g/mol. The summed E-state index contributed by atoms with van der Waals surface area (Å²) in [5.74, 6) is -1.06. The molecule has 0 radical (unpaired) electrons. The molecule has 2 rings (SSSR count). The molecule has 5 N–H and O–H groups in total. The molecule has 28 heavy (non-hydrogen) atoms. The van der Waals surface area contributed by atoms with Gasteiger partial charge >= 0.3 is 5.97 Å². The Morgan fingerprint density at radius 1 is 1.07 bits per heavy atom. The maximum Gasteiger partial charge on any atom is 0.305 e. The lowest BCUT2D eigenvalue weighted by atomic mass is 10.0. The first-order chi connectivity index (χ1) is 13.3. The summed E-state index contributed by atoms with van der Waals surface area (Å²) in [5, 5.41) is 19.3. The quantitative estimate of drug-likeness (QED) is 0.253. The fourth-order valence-electron chi connectivity index (χ4n) is 2.85. The van der Waals surface area contributed by atoms with Gasteiger partial charge in [-0.3, -0.25) is 15.0 Å². The Morgan fingerprint density at radius 3 is 2.29 bits per heavy atom. The predicted molar refractivity (Wildman–Crippen MR) is 112 cm³/mol. The molecule has 0 heterocycles. The van der Waals surface area contributed by atoms with E-state index in [4.69, 9.17) is 16.2 Å². The van der Waals surface area contributed by atoms with Crippen molar-refractivity contribution in [3.8, 4) is 0 Å². The summed E-state index contributed by atoms with van der Waals surface area (Å²) in [6.45, 7) is 0. The van der Waals surface area contributed by atoms with Crippen LogP contribution >= 0.6 is 15.9 Å². The topological polar surface area (TPSA) is 116 Å². The Bertz CT molecular complexity index is 820. The highest BCUT2D eigenvalue weighted by Gasteiger charge is 2.17. The lowest BCUT2D eigenvalue weighted by Gasteiger charge is -2.17. The molecule has 0 fully saturated rings. The molecule has 0 aliphatic carbocycles. The average molecular weight is 446 g/mol. The van der Waals surface area contributed by atoms with Crippen LogP contribution in [0.4, 0.5) is 0 Å². The molecule has 0 aliphatic rings. The number of halogens is 1. The standard InChI is InChI=1S/C21H24BrN3O3/c22-17-11-9-15(10-12-17)18(13-20(27)28)25-19(26)4-2-1-3-14-5-7-16(8-6-14)21(23)24/h5-12,18H,1-4,13H2,(H3,23,24)(H,25,26)(H,27,28). The van der Waals surface area contributed by atoms with Gasteiger partial charge in [-0.1, -0.05) is 52.3 Å². The van der Waals surface area contributed by atoms with Gasteiger partial charge in [-0.25, -0.2) is 0 Å². The van der Waals surface area contributed by atoms with Crippen molar-refractivity contribution >= 4 is 33.6 Å². The first-order valence-corrected chi connectivity index (χ1v) is 9.84. The van der Waals surface area contributed by atoms with Gasteiger partial charge in [0.1, 0.15) is 5.84 Å². The number of carbonyl (C=O) groups is 2. The number of nitrogens with one attached hydrogen (secondary N) is 2. The predicted octanol–water partition coefficient (Wildman–Crippen LogP) is 3.78. The first kappa shape index (κ1) is 21.6. The Labute approximate surface area is 172 Å². The lowest BCUT2D eigenvalue weighted by molar-refractivity contribution is -0.137. The second kappa shape index (κ2) is 10.6. The molecule has 1 unspecified atom stereocenters. The molecular formula is C21H24BrN3O3. The van der Waals surface area contributed by atoms with Gasteiger partial charge in [-0.2, -0.15) is 0 Å². The summed E-state index contributed by atoms with van der Waals surface area (Å²) >= 11 is 3.35. The van der Waals surface area contributed by atoms with Gasteiger partial charge in [-0.05, 0) is 42.5 Å². The zero-order valence-electron chi connectivity index (χ0n) is 15.5. The van der Waals surface area contributed by atoms with Crippen molar-refractivity contribution in [2.75, 3.05) is 0 Å².